The molecule has 0 unspecified atom stereocenters. The summed E-state index contributed by atoms with van der Waals surface area (Å²) in [5.41, 5.74) is 12.2. The van der Waals surface area contributed by atoms with Crippen LogP contribution in [-0.4, -0.2) is 9.55 Å². The van der Waals surface area contributed by atoms with Crippen LogP contribution in [0.1, 0.15) is 0 Å². The Balaban J connectivity index is 1.05. The zero-order valence-corrected chi connectivity index (χ0v) is 29.5. The number of hydrogen-bond acceptors (Lipinski definition) is 2. The summed E-state index contributed by atoms with van der Waals surface area (Å²) >= 11 is 0. The van der Waals surface area contributed by atoms with Crippen molar-refractivity contribution >= 4 is 49.6 Å². The molecule has 54 heavy (non-hydrogen) atoms. The number of aromatic nitrogens is 2. The van der Waals surface area contributed by atoms with Crippen molar-refractivity contribution in [1.82, 2.24) is 9.55 Å². The first kappa shape index (κ1) is 31.5. The standard InChI is InChI=1S/C51H35N3/c1-3-12-36(13-4-1)37-24-28-43(29-25-37)53(46-32-33-48-42(35-46)23-22-39-14-7-8-19-47(39)48)44-30-26-38(27-31-44)41-17-11-18-45(34-41)54-50-21-10-9-20-49(50)52-51(54)40-15-5-2-6-16-40/h1-35H. The Bertz CT molecular complexity index is 2910. The molecule has 0 atom stereocenters. The number of nitrogens with zero attached hydrogens (tertiary/aromatic N) is 3. The number of fused-ring (bicyclic) bond motifs is 4. The summed E-state index contributed by atoms with van der Waals surface area (Å²) in [6.45, 7) is 0. The third-order valence-electron chi connectivity index (χ3n) is 10.4. The molecule has 1 heterocycles. The third-order valence-corrected chi connectivity index (χ3v) is 10.4. The molecule has 9 aromatic carbocycles. The van der Waals surface area contributed by atoms with Crippen molar-refractivity contribution in [3.05, 3.63) is 212 Å². The molecule has 0 aliphatic rings. The van der Waals surface area contributed by atoms with E-state index in [1.807, 2.05) is 12.1 Å². The lowest BCUT2D eigenvalue weighted by Crippen LogP contribution is -2.09. The molecule has 0 amide bonds. The molecule has 1 aromatic heterocycles. The first-order valence-electron chi connectivity index (χ1n) is 18.4. The minimum Gasteiger partial charge on any atom is -0.310 e. The van der Waals surface area contributed by atoms with Gasteiger partial charge < -0.3 is 4.90 Å². The summed E-state index contributed by atoms with van der Waals surface area (Å²) in [7, 11) is 0. The van der Waals surface area contributed by atoms with Crippen LogP contribution >= 0.6 is 0 Å². The second kappa shape index (κ2) is 13.4. The summed E-state index contributed by atoms with van der Waals surface area (Å²) in [5, 5.41) is 5.00. The SMILES string of the molecule is c1ccc(-c2ccc(N(c3ccc(-c4cccc(-n5c(-c6ccccc6)nc6ccccc65)c4)cc3)c3ccc4c(ccc5ccccc54)c3)cc2)cc1. The molecule has 0 aliphatic heterocycles. The predicted molar refractivity (Wildman–Crippen MR) is 227 cm³/mol. The van der Waals surface area contributed by atoms with Crippen LogP contribution in [0.4, 0.5) is 17.1 Å². The summed E-state index contributed by atoms with van der Waals surface area (Å²) in [6, 6.07) is 75.8. The van der Waals surface area contributed by atoms with Gasteiger partial charge in [0.25, 0.3) is 0 Å². The zero-order valence-electron chi connectivity index (χ0n) is 29.5. The quantitative estimate of drug-likeness (QED) is 0.155. The topological polar surface area (TPSA) is 21.1 Å². The van der Waals surface area contributed by atoms with Crippen LogP contribution in [0.5, 0.6) is 0 Å². The van der Waals surface area contributed by atoms with Crippen LogP contribution in [0.25, 0.3) is 71.9 Å². The molecule has 3 nitrogen and oxygen atoms in total. The van der Waals surface area contributed by atoms with Gasteiger partial charge >= 0.3 is 0 Å². The highest BCUT2D eigenvalue weighted by molar-refractivity contribution is 6.08. The van der Waals surface area contributed by atoms with E-state index in [9.17, 15) is 0 Å². The van der Waals surface area contributed by atoms with Gasteiger partial charge in [-0.2, -0.15) is 0 Å². The molecule has 0 N–H and O–H groups in total. The Morgan fingerprint density at radius 3 is 1.67 bits per heavy atom. The number of rotatable bonds is 7. The van der Waals surface area contributed by atoms with Gasteiger partial charge in [0, 0.05) is 28.3 Å². The minimum absolute atomic E-state index is 0.932. The number of anilines is 3. The molecule has 10 rings (SSSR count). The monoisotopic (exact) mass is 689 g/mol. The van der Waals surface area contributed by atoms with Crippen molar-refractivity contribution in [2.75, 3.05) is 4.90 Å². The van der Waals surface area contributed by atoms with Crippen molar-refractivity contribution < 1.29 is 0 Å². The highest BCUT2D eigenvalue weighted by Gasteiger charge is 2.17. The molecule has 0 bridgehead atoms. The van der Waals surface area contributed by atoms with E-state index in [-0.39, 0.29) is 0 Å². The summed E-state index contributed by atoms with van der Waals surface area (Å²) in [5.74, 6) is 0.932. The maximum Gasteiger partial charge on any atom is 0.145 e. The number of para-hydroxylation sites is 2. The van der Waals surface area contributed by atoms with Gasteiger partial charge in [-0.25, -0.2) is 4.98 Å². The van der Waals surface area contributed by atoms with Gasteiger partial charge in [-0.1, -0.05) is 152 Å². The summed E-state index contributed by atoms with van der Waals surface area (Å²) in [4.78, 5) is 7.42. The van der Waals surface area contributed by atoms with Gasteiger partial charge in [-0.05, 0) is 104 Å². The van der Waals surface area contributed by atoms with Gasteiger partial charge in [0.15, 0.2) is 0 Å². The van der Waals surface area contributed by atoms with Gasteiger partial charge in [-0.3, -0.25) is 4.57 Å². The summed E-state index contributed by atoms with van der Waals surface area (Å²) < 4.78 is 2.27. The fraction of sp³-hybridized carbons (Fsp3) is 0. The molecule has 0 saturated carbocycles. The van der Waals surface area contributed by atoms with Crippen molar-refractivity contribution in [2.24, 2.45) is 0 Å². The average molecular weight is 690 g/mol. The average Bonchev–Trinajstić information content (AvgIpc) is 3.65. The van der Waals surface area contributed by atoms with E-state index in [1.165, 1.54) is 32.7 Å². The minimum atomic E-state index is 0.932. The Kier molecular flexibility index (Phi) is 7.81. The molecular formula is C51H35N3. The first-order valence-corrected chi connectivity index (χ1v) is 18.4. The van der Waals surface area contributed by atoms with E-state index in [1.54, 1.807) is 0 Å². The maximum atomic E-state index is 5.06. The molecule has 0 spiro atoms. The van der Waals surface area contributed by atoms with E-state index < -0.39 is 0 Å². The fourth-order valence-corrected chi connectivity index (χ4v) is 7.72. The lowest BCUT2D eigenvalue weighted by atomic mass is 10.0. The largest absolute Gasteiger partial charge is 0.310 e. The Hall–Kier alpha value is -7.23. The number of benzene rings is 9. The van der Waals surface area contributed by atoms with Crippen LogP contribution in [0.15, 0.2) is 212 Å². The van der Waals surface area contributed by atoms with Gasteiger partial charge in [-0.15, -0.1) is 0 Å². The van der Waals surface area contributed by atoms with E-state index >= 15 is 0 Å². The Labute approximate surface area is 314 Å². The molecule has 254 valence electrons. The van der Waals surface area contributed by atoms with E-state index in [0.717, 1.165) is 56.3 Å². The van der Waals surface area contributed by atoms with Crippen LogP contribution in [0.3, 0.4) is 0 Å². The Morgan fingerprint density at radius 1 is 0.352 bits per heavy atom. The predicted octanol–water partition coefficient (Wildman–Crippen LogP) is 13.8. The Morgan fingerprint density at radius 2 is 0.907 bits per heavy atom. The third kappa shape index (κ3) is 5.69. The zero-order chi connectivity index (χ0) is 35.8. The normalized spacial score (nSPS) is 11.3. The highest BCUT2D eigenvalue weighted by atomic mass is 15.1. The van der Waals surface area contributed by atoms with Crippen molar-refractivity contribution in [3.63, 3.8) is 0 Å². The van der Waals surface area contributed by atoms with Crippen molar-refractivity contribution in [1.29, 1.82) is 0 Å². The van der Waals surface area contributed by atoms with E-state index in [0.29, 0.717) is 0 Å². The molecular weight excluding hydrogens is 655 g/mol. The van der Waals surface area contributed by atoms with Crippen LogP contribution in [0, 0.1) is 0 Å². The number of imidazole rings is 1. The smallest absolute Gasteiger partial charge is 0.145 e. The highest BCUT2D eigenvalue weighted by Crippen LogP contribution is 2.39. The molecule has 0 radical (unpaired) electrons. The molecule has 0 fully saturated rings. The molecule has 10 aromatic rings. The van der Waals surface area contributed by atoms with Crippen LogP contribution in [-0.2, 0) is 0 Å². The van der Waals surface area contributed by atoms with Crippen molar-refractivity contribution in [2.45, 2.75) is 0 Å². The second-order valence-corrected chi connectivity index (χ2v) is 13.7. The van der Waals surface area contributed by atoms with Crippen LogP contribution in [0.2, 0.25) is 0 Å². The van der Waals surface area contributed by atoms with Gasteiger partial charge in [0.2, 0.25) is 0 Å². The second-order valence-electron chi connectivity index (χ2n) is 13.7. The van der Waals surface area contributed by atoms with Gasteiger partial charge in [0.1, 0.15) is 5.82 Å². The van der Waals surface area contributed by atoms with E-state index in [4.69, 9.17) is 4.98 Å². The maximum absolute atomic E-state index is 5.06. The van der Waals surface area contributed by atoms with Crippen LogP contribution < -0.4 is 4.90 Å². The lowest BCUT2D eigenvalue weighted by Gasteiger charge is -2.26. The lowest BCUT2D eigenvalue weighted by molar-refractivity contribution is 1.10. The number of hydrogen-bond donors (Lipinski definition) is 0. The molecule has 3 heteroatoms. The molecule has 0 aliphatic carbocycles. The summed E-state index contributed by atoms with van der Waals surface area (Å²) in [6.07, 6.45) is 0. The van der Waals surface area contributed by atoms with Crippen molar-refractivity contribution in [3.8, 4) is 39.3 Å². The fourth-order valence-electron chi connectivity index (χ4n) is 7.72. The van der Waals surface area contributed by atoms with E-state index in [2.05, 4.69) is 210 Å². The molecule has 0 saturated heterocycles. The van der Waals surface area contributed by atoms with Gasteiger partial charge in [0.05, 0.1) is 11.0 Å². The first-order chi connectivity index (χ1) is 26.8.